The van der Waals surface area contributed by atoms with E-state index in [1.54, 1.807) is 0 Å². The Bertz CT molecular complexity index is 902. The molecule has 5 aliphatic rings. The Morgan fingerprint density at radius 2 is 1.61 bits per heavy atom. The lowest BCUT2D eigenvalue weighted by molar-refractivity contribution is -0.234. The number of Topliss-reactive ketones (excluding diaryl/α,β-unsaturated/α-hetero) is 2. The number of fused-ring (bicyclic) bond motifs is 7. The molecule has 0 saturated heterocycles. The maximum Gasteiger partial charge on any atom is 0.204 e. The first-order chi connectivity index (χ1) is 15.3. The number of hydrogen-bond acceptors (Lipinski definition) is 3. The van der Waals surface area contributed by atoms with Gasteiger partial charge in [-0.05, 0) is 110 Å². The van der Waals surface area contributed by atoms with E-state index in [1.165, 1.54) is 24.8 Å². The van der Waals surface area contributed by atoms with E-state index in [2.05, 4.69) is 34.3 Å². The van der Waals surface area contributed by atoms with Crippen molar-refractivity contribution in [2.24, 2.45) is 56.7 Å². The van der Waals surface area contributed by atoms with Gasteiger partial charge in [0.25, 0.3) is 0 Å². The summed E-state index contributed by atoms with van der Waals surface area (Å²) in [5.74, 6) is 2.19. The number of carbonyl (C=O) groups is 2. The minimum atomic E-state index is -0.543. The topological polar surface area (TPSA) is 54.4 Å². The lowest BCUT2D eigenvalue weighted by Gasteiger charge is -2.72. The van der Waals surface area contributed by atoms with Crippen LogP contribution in [-0.2, 0) is 9.59 Å². The van der Waals surface area contributed by atoms with E-state index in [9.17, 15) is 14.7 Å². The molecule has 3 heteroatoms. The van der Waals surface area contributed by atoms with E-state index in [-0.39, 0.29) is 33.2 Å². The lowest BCUT2D eigenvalue weighted by atomic mass is 9.32. The van der Waals surface area contributed by atoms with Crippen LogP contribution in [0, 0.1) is 56.7 Å². The van der Waals surface area contributed by atoms with Crippen molar-refractivity contribution in [2.45, 2.75) is 99.3 Å². The zero-order valence-electron chi connectivity index (χ0n) is 21.9. The molecule has 0 spiro atoms. The van der Waals surface area contributed by atoms with E-state index >= 15 is 0 Å². The summed E-state index contributed by atoms with van der Waals surface area (Å²) in [4.78, 5) is 25.9. The minimum Gasteiger partial charge on any atom is -0.396 e. The molecular formula is C30H46O3. The zero-order chi connectivity index (χ0) is 24.2. The van der Waals surface area contributed by atoms with Crippen molar-refractivity contribution < 1.29 is 14.7 Å². The minimum absolute atomic E-state index is 0.0767. The number of allylic oxidation sites excluding steroid dienone is 1. The molecule has 0 aliphatic heterocycles. The van der Waals surface area contributed by atoms with Gasteiger partial charge in [-0.1, -0.05) is 46.8 Å². The van der Waals surface area contributed by atoms with Gasteiger partial charge in [0, 0.05) is 18.4 Å². The van der Waals surface area contributed by atoms with Crippen molar-refractivity contribution in [1.29, 1.82) is 0 Å². The Morgan fingerprint density at radius 1 is 0.909 bits per heavy atom. The number of hydrogen-bond donors (Lipinski definition) is 1. The Morgan fingerprint density at radius 3 is 2.24 bits per heavy atom. The van der Waals surface area contributed by atoms with Gasteiger partial charge in [0.05, 0.1) is 0 Å². The molecule has 5 rings (SSSR count). The summed E-state index contributed by atoms with van der Waals surface area (Å²) in [5, 5.41) is 10.6. The molecule has 0 amide bonds. The molecule has 0 aromatic carbocycles. The number of carbonyl (C=O) groups excluding carboxylic acids is 2. The van der Waals surface area contributed by atoms with Crippen LogP contribution in [-0.4, -0.2) is 23.3 Å². The van der Waals surface area contributed by atoms with Gasteiger partial charge in [-0.25, -0.2) is 0 Å². The molecule has 0 heterocycles. The highest BCUT2D eigenvalue weighted by Gasteiger charge is 2.71. The van der Waals surface area contributed by atoms with Crippen molar-refractivity contribution in [2.75, 3.05) is 6.61 Å². The quantitative estimate of drug-likeness (QED) is 0.389. The maximum atomic E-state index is 13.0. The van der Waals surface area contributed by atoms with Gasteiger partial charge in [0.15, 0.2) is 5.78 Å². The van der Waals surface area contributed by atoms with Crippen molar-refractivity contribution in [1.82, 2.24) is 0 Å². The van der Waals surface area contributed by atoms with Gasteiger partial charge >= 0.3 is 0 Å². The zero-order valence-corrected chi connectivity index (χ0v) is 21.9. The van der Waals surface area contributed by atoms with Crippen LogP contribution in [0.15, 0.2) is 12.2 Å². The normalized spacial score (nSPS) is 53.0. The molecule has 0 aromatic rings. The molecule has 5 saturated carbocycles. The van der Waals surface area contributed by atoms with E-state index in [1.807, 2.05) is 13.8 Å². The summed E-state index contributed by atoms with van der Waals surface area (Å²) in [5.41, 5.74) is 1.12. The standard InChI is InChI=1S/C30H46O3/c1-18(2)19-10-13-30(17-31)15-14-28(6)20(24(19)30)8-9-23-27(5)16-21(32)25(33)26(3,4)22(27)11-12-29(23,28)7/h19-20,22-24,31H,1,8-17H2,2-7H3/t19-,20+,22-,23+,24+,27-,28+,29+,30+/m0/s1. The molecule has 3 nitrogen and oxygen atoms in total. The third-order valence-electron chi connectivity index (χ3n) is 13.1. The fourth-order valence-electron chi connectivity index (χ4n) is 11.3. The average molecular weight is 455 g/mol. The van der Waals surface area contributed by atoms with Gasteiger partial charge in [-0.2, -0.15) is 0 Å². The average Bonchev–Trinajstić information content (AvgIpc) is 3.13. The third kappa shape index (κ3) is 2.72. The maximum absolute atomic E-state index is 13.0. The molecule has 1 N–H and O–H groups in total. The Kier molecular flexibility index (Phi) is 5.08. The van der Waals surface area contributed by atoms with Crippen LogP contribution in [0.25, 0.3) is 0 Å². The van der Waals surface area contributed by atoms with Crippen LogP contribution in [0.4, 0.5) is 0 Å². The highest BCUT2D eigenvalue weighted by molar-refractivity contribution is 6.39. The van der Waals surface area contributed by atoms with Crippen molar-refractivity contribution in [3.63, 3.8) is 0 Å². The molecule has 0 aromatic heterocycles. The SMILES string of the molecule is C=C(C)[C@@H]1CC[C@]2(CO)CC[C@]3(C)[C@H](CC[C@@H]4[C@@]5(C)CC(=O)C(=O)C(C)(C)[C@@H]5CC[C@]43C)[C@@H]12. The first kappa shape index (κ1) is 23.8. The van der Waals surface area contributed by atoms with E-state index in [0.29, 0.717) is 42.6 Å². The van der Waals surface area contributed by atoms with Crippen LogP contribution in [0.1, 0.15) is 99.3 Å². The van der Waals surface area contributed by atoms with Crippen LogP contribution in [0.2, 0.25) is 0 Å². The van der Waals surface area contributed by atoms with Gasteiger partial charge in [-0.3, -0.25) is 9.59 Å². The van der Waals surface area contributed by atoms with Crippen molar-refractivity contribution >= 4 is 11.6 Å². The van der Waals surface area contributed by atoms with Gasteiger partial charge in [-0.15, -0.1) is 0 Å². The number of ketones is 2. The summed E-state index contributed by atoms with van der Waals surface area (Å²) in [6, 6.07) is 0. The molecule has 9 atom stereocenters. The van der Waals surface area contributed by atoms with Crippen LogP contribution < -0.4 is 0 Å². The predicted octanol–water partition coefficient (Wildman–Crippen LogP) is 6.38. The molecule has 0 unspecified atom stereocenters. The Balaban J connectivity index is 1.57. The molecule has 0 radical (unpaired) electrons. The summed E-state index contributed by atoms with van der Waals surface area (Å²) in [6.07, 6.45) is 9.63. The third-order valence-corrected chi connectivity index (χ3v) is 13.1. The highest BCUT2D eigenvalue weighted by Crippen LogP contribution is 2.77. The largest absolute Gasteiger partial charge is 0.396 e. The predicted molar refractivity (Wildman–Crippen MR) is 131 cm³/mol. The Hall–Kier alpha value is -0.960. The lowest BCUT2D eigenvalue weighted by Crippen LogP contribution is -2.67. The van der Waals surface area contributed by atoms with Crippen LogP contribution in [0.5, 0.6) is 0 Å². The molecule has 5 fully saturated rings. The van der Waals surface area contributed by atoms with Gasteiger partial charge in [0.2, 0.25) is 5.78 Å². The van der Waals surface area contributed by atoms with E-state index < -0.39 is 5.41 Å². The number of rotatable bonds is 2. The van der Waals surface area contributed by atoms with E-state index in [4.69, 9.17) is 0 Å². The van der Waals surface area contributed by atoms with Crippen LogP contribution in [0.3, 0.4) is 0 Å². The first-order valence-corrected chi connectivity index (χ1v) is 13.6. The molecule has 0 bridgehead atoms. The second kappa shape index (κ2) is 7.05. The van der Waals surface area contributed by atoms with Crippen LogP contribution >= 0.6 is 0 Å². The first-order valence-electron chi connectivity index (χ1n) is 13.6. The number of aliphatic hydroxyl groups is 1. The smallest absolute Gasteiger partial charge is 0.204 e. The summed E-state index contributed by atoms with van der Waals surface area (Å²) >= 11 is 0. The Labute approximate surface area is 201 Å². The van der Waals surface area contributed by atoms with Crippen molar-refractivity contribution in [3.8, 4) is 0 Å². The molecular weight excluding hydrogens is 408 g/mol. The fraction of sp³-hybridized carbons (Fsp3) is 0.867. The van der Waals surface area contributed by atoms with Gasteiger partial charge in [0.1, 0.15) is 0 Å². The summed E-state index contributed by atoms with van der Waals surface area (Å²) < 4.78 is 0. The fourth-order valence-corrected chi connectivity index (χ4v) is 11.3. The monoisotopic (exact) mass is 454 g/mol. The van der Waals surface area contributed by atoms with Crippen molar-refractivity contribution in [3.05, 3.63) is 12.2 Å². The highest BCUT2D eigenvalue weighted by atomic mass is 16.3. The number of aliphatic hydroxyl groups excluding tert-OH is 1. The van der Waals surface area contributed by atoms with Gasteiger partial charge < -0.3 is 5.11 Å². The summed E-state index contributed by atoms with van der Waals surface area (Å²) in [6.45, 7) is 18.5. The summed E-state index contributed by atoms with van der Waals surface area (Å²) in [7, 11) is 0. The molecule has 184 valence electrons. The second-order valence-corrected chi connectivity index (χ2v) is 14.4. The second-order valence-electron chi connectivity index (χ2n) is 14.4. The molecule has 33 heavy (non-hydrogen) atoms. The van der Waals surface area contributed by atoms with E-state index in [0.717, 1.165) is 32.1 Å². The molecule has 5 aliphatic carbocycles.